The van der Waals surface area contributed by atoms with Crippen LogP contribution in [0.25, 0.3) is 10.9 Å². The molecule has 2 unspecified atom stereocenters. The van der Waals surface area contributed by atoms with E-state index in [1.54, 1.807) is 42.4 Å². The number of benzene rings is 2. The highest BCUT2D eigenvalue weighted by molar-refractivity contribution is 9.10. The lowest BCUT2D eigenvalue weighted by Gasteiger charge is -2.29. The average molecular weight is 503 g/mol. The van der Waals surface area contributed by atoms with Gasteiger partial charge in [-0.1, -0.05) is 22.0 Å². The summed E-state index contributed by atoms with van der Waals surface area (Å²) in [4.78, 5) is 40.6. The van der Waals surface area contributed by atoms with Gasteiger partial charge in [0.1, 0.15) is 18.1 Å². The minimum atomic E-state index is -1.02. The van der Waals surface area contributed by atoms with Crippen molar-refractivity contribution in [3.05, 3.63) is 68.3 Å². The van der Waals surface area contributed by atoms with Crippen LogP contribution in [0, 0.1) is 10.1 Å². The number of hydrogen-bond acceptors (Lipinski definition) is 7. The second kappa shape index (κ2) is 10.0. The Morgan fingerprint density at radius 1 is 1.38 bits per heavy atom. The smallest absolute Gasteiger partial charge is 0.279 e. The minimum absolute atomic E-state index is 0.0509. The number of hydrogen-bond donors (Lipinski definition) is 3. The molecule has 0 aliphatic rings. The summed E-state index contributed by atoms with van der Waals surface area (Å²) in [5.41, 5.74) is 1.91. The number of Topliss-reactive ketones (excluding diaryl/α,β-unsaturated/α-hetero) is 1. The third-order valence-corrected chi connectivity index (χ3v) is 5.82. The van der Waals surface area contributed by atoms with Crippen molar-refractivity contribution < 1.29 is 19.6 Å². The standard InChI is InChI=1S/C22H23BrN4O5/c1-24-18(12-28)22(30)20(26(2)11-13-6-15(23)9-16(29)7-13)8-14-10-25-17-4-3-5-19(21(14)17)27(31)32/h3-7,9-10,12,18,20,24-25,29H,8,11H2,1-2H3. The Morgan fingerprint density at radius 3 is 2.75 bits per heavy atom. The number of ketones is 1. The third kappa shape index (κ3) is 5.04. The monoisotopic (exact) mass is 502 g/mol. The lowest BCUT2D eigenvalue weighted by atomic mass is 9.96. The van der Waals surface area contributed by atoms with Crippen molar-refractivity contribution >= 4 is 44.6 Å². The van der Waals surface area contributed by atoms with Crippen LogP contribution in [0.4, 0.5) is 5.69 Å². The summed E-state index contributed by atoms with van der Waals surface area (Å²) in [5, 5.41) is 24.6. The molecule has 9 nitrogen and oxygen atoms in total. The molecule has 0 saturated heterocycles. The van der Waals surface area contributed by atoms with Crippen LogP contribution in [0.15, 0.2) is 47.1 Å². The highest BCUT2D eigenvalue weighted by atomic mass is 79.9. The molecule has 2 atom stereocenters. The van der Waals surface area contributed by atoms with Crippen LogP contribution in [0.1, 0.15) is 11.1 Å². The van der Waals surface area contributed by atoms with E-state index in [0.717, 1.165) is 5.56 Å². The van der Waals surface area contributed by atoms with Crippen LogP contribution in [-0.2, 0) is 22.6 Å². The molecule has 168 valence electrons. The zero-order valence-electron chi connectivity index (χ0n) is 17.5. The number of aromatic amines is 1. The Labute approximate surface area is 192 Å². The van der Waals surface area contributed by atoms with Gasteiger partial charge in [-0.3, -0.25) is 19.8 Å². The van der Waals surface area contributed by atoms with E-state index in [0.29, 0.717) is 33.8 Å². The fourth-order valence-corrected chi connectivity index (χ4v) is 4.37. The molecule has 0 aliphatic heterocycles. The first-order chi connectivity index (χ1) is 15.2. The van der Waals surface area contributed by atoms with Gasteiger partial charge in [-0.15, -0.1) is 0 Å². The molecular weight excluding hydrogens is 480 g/mol. The van der Waals surface area contributed by atoms with Crippen molar-refractivity contribution in [1.29, 1.82) is 0 Å². The number of aromatic hydroxyl groups is 1. The van der Waals surface area contributed by atoms with Gasteiger partial charge < -0.3 is 20.2 Å². The van der Waals surface area contributed by atoms with Gasteiger partial charge in [0.05, 0.1) is 21.9 Å². The van der Waals surface area contributed by atoms with E-state index < -0.39 is 17.0 Å². The first-order valence-corrected chi connectivity index (χ1v) is 10.6. The maximum Gasteiger partial charge on any atom is 0.279 e. The van der Waals surface area contributed by atoms with Gasteiger partial charge in [0.15, 0.2) is 5.78 Å². The minimum Gasteiger partial charge on any atom is -0.508 e. The quantitative estimate of drug-likeness (QED) is 0.168. The number of phenols is 1. The number of phenolic OH excluding ortho intramolecular Hbond substituents is 1. The van der Waals surface area contributed by atoms with E-state index in [9.17, 15) is 24.8 Å². The van der Waals surface area contributed by atoms with Crippen LogP contribution >= 0.6 is 15.9 Å². The lowest BCUT2D eigenvalue weighted by molar-refractivity contribution is -0.383. The van der Waals surface area contributed by atoms with Crippen LogP contribution in [0.2, 0.25) is 0 Å². The van der Waals surface area contributed by atoms with E-state index in [1.165, 1.54) is 13.1 Å². The average Bonchev–Trinajstić information content (AvgIpc) is 3.14. The molecule has 0 aliphatic carbocycles. The number of likely N-dealkylation sites (N-methyl/N-ethyl adjacent to an activating group) is 2. The van der Waals surface area contributed by atoms with Crippen molar-refractivity contribution in [2.75, 3.05) is 14.1 Å². The van der Waals surface area contributed by atoms with Gasteiger partial charge in [-0.05, 0) is 55.9 Å². The number of fused-ring (bicyclic) bond motifs is 1. The van der Waals surface area contributed by atoms with Gasteiger partial charge >= 0.3 is 0 Å². The predicted octanol–water partition coefficient (Wildman–Crippen LogP) is 2.94. The molecule has 3 rings (SSSR count). The fourth-order valence-electron chi connectivity index (χ4n) is 3.84. The number of nitrogens with zero attached hydrogens (tertiary/aromatic N) is 2. The number of aromatic nitrogens is 1. The second-order valence-corrected chi connectivity index (χ2v) is 8.44. The molecule has 2 aromatic carbocycles. The maximum atomic E-state index is 13.2. The number of nitro groups is 1. The van der Waals surface area contributed by atoms with Crippen molar-refractivity contribution in [2.24, 2.45) is 0 Å². The number of carbonyl (C=O) groups is 2. The van der Waals surface area contributed by atoms with Gasteiger partial charge in [0.2, 0.25) is 0 Å². The molecule has 3 N–H and O–H groups in total. The number of H-pyrrole nitrogens is 1. The predicted molar refractivity (Wildman–Crippen MR) is 124 cm³/mol. The fraction of sp³-hybridized carbons (Fsp3) is 0.273. The number of non-ortho nitro benzene ring substituents is 1. The SMILES string of the molecule is CNC(C=O)C(=O)C(Cc1c[nH]c2cccc([N+](=O)[O-])c12)N(C)Cc1cc(O)cc(Br)c1. The molecular formula is C22H23BrN4O5. The highest BCUT2D eigenvalue weighted by Crippen LogP contribution is 2.30. The van der Waals surface area contributed by atoms with Gasteiger partial charge in [-0.2, -0.15) is 0 Å². The number of aldehydes is 1. The summed E-state index contributed by atoms with van der Waals surface area (Å²) in [5.74, 6) is -0.268. The summed E-state index contributed by atoms with van der Waals surface area (Å²) in [6, 6.07) is 7.96. The van der Waals surface area contributed by atoms with E-state index in [2.05, 4.69) is 26.2 Å². The third-order valence-electron chi connectivity index (χ3n) is 5.36. The van der Waals surface area contributed by atoms with Crippen molar-refractivity contribution in [3.8, 4) is 5.75 Å². The van der Waals surface area contributed by atoms with E-state index in [1.807, 2.05) is 6.07 Å². The molecule has 0 spiro atoms. The summed E-state index contributed by atoms with van der Waals surface area (Å²) in [6.45, 7) is 0.309. The van der Waals surface area contributed by atoms with Crippen molar-refractivity contribution in [1.82, 2.24) is 15.2 Å². The van der Waals surface area contributed by atoms with Crippen molar-refractivity contribution in [2.45, 2.75) is 25.0 Å². The van der Waals surface area contributed by atoms with Crippen LogP contribution < -0.4 is 5.32 Å². The Bertz CT molecular complexity index is 1140. The van der Waals surface area contributed by atoms with Crippen molar-refractivity contribution in [3.63, 3.8) is 0 Å². The Morgan fingerprint density at radius 2 is 2.12 bits per heavy atom. The topological polar surface area (TPSA) is 129 Å². The van der Waals surface area contributed by atoms with E-state index in [4.69, 9.17) is 0 Å². The lowest BCUT2D eigenvalue weighted by Crippen LogP contribution is -2.49. The molecule has 0 bridgehead atoms. The summed E-state index contributed by atoms with van der Waals surface area (Å²) in [7, 11) is 3.26. The summed E-state index contributed by atoms with van der Waals surface area (Å²) < 4.78 is 0.692. The van der Waals surface area contributed by atoms with E-state index in [-0.39, 0.29) is 23.6 Å². The molecule has 10 heteroatoms. The van der Waals surface area contributed by atoms with Crippen LogP contribution in [-0.4, -0.2) is 58.2 Å². The maximum absolute atomic E-state index is 13.2. The zero-order chi connectivity index (χ0) is 23.4. The Hall–Kier alpha value is -3.08. The second-order valence-electron chi connectivity index (χ2n) is 7.53. The normalized spacial score (nSPS) is 13.2. The molecule has 0 radical (unpaired) electrons. The number of halogens is 1. The molecule has 3 aromatic rings. The Kier molecular flexibility index (Phi) is 7.39. The first kappa shape index (κ1) is 23.6. The molecule has 0 amide bonds. The summed E-state index contributed by atoms with van der Waals surface area (Å²) >= 11 is 3.34. The highest BCUT2D eigenvalue weighted by Gasteiger charge is 2.31. The van der Waals surface area contributed by atoms with Gasteiger partial charge in [0, 0.05) is 23.3 Å². The molecule has 1 aromatic heterocycles. The van der Waals surface area contributed by atoms with Gasteiger partial charge in [0.25, 0.3) is 5.69 Å². The largest absolute Gasteiger partial charge is 0.508 e. The molecule has 32 heavy (non-hydrogen) atoms. The van der Waals surface area contributed by atoms with E-state index >= 15 is 0 Å². The van der Waals surface area contributed by atoms with Crippen LogP contribution in [0.5, 0.6) is 5.75 Å². The number of nitro benzene ring substituents is 1. The first-order valence-electron chi connectivity index (χ1n) is 9.83. The zero-order valence-corrected chi connectivity index (χ0v) is 19.1. The molecule has 0 fully saturated rings. The van der Waals surface area contributed by atoms with Gasteiger partial charge in [-0.25, -0.2) is 0 Å². The number of rotatable bonds is 10. The van der Waals surface area contributed by atoms with Crippen LogP contribution in [0.3, 0.4) is 0 Å². The molecule has 1 heterocycles. The Balaban J connectivity index is 2.00. The summed E-state index contributed by atoms with van der Waals surface area (Å²) in [6.07, 6.45) is 2.37. The number of carbonyl (C=O) groups excluding carboxylic acids is 2. The molecule has 0 saturated carbocycles. The number of nitrogens with one attached hydrogen (secondary N) is 2.